The van der Waals surface area contributed by atoms with Crippen molar-refractivity contribution >= 4 is 35.0 Å². The number of hydrogen-bond donors (Lipinski definition) is 1. The number of halogens is 3. The van der Waals surface area contributed by atoms with E-state index < -0.39 is 11.2 Å². The summed E-state index contributed by atoms with van der Waals surface area (Å²) in [6.45, 7) is 0.442. The molecule has 2 aliphatic heterocycles. The average molecular weight is 428 g/mol. The lowest BCUT2D eigenvalue weighted by molar-refractivity contribution is -0.137. The van der Waals surface area contributed by atoms with E-state index in [2.05, 4.69) is 15.3 Å². The molecule has 30 heavy (non-hydrogen) atoms. The molecular weight excluding hydrogens is 413 g/mol. The van der Waals surface area contributed by atoms with E-state index in [1.807, 2.05) is 36.5 Å². The van der Waals surface area contributed by atoms with Crippen LogP contribution in [0.25, 0.3) is 10.4 Å². The Bertz CT molecular complexity index is 1150. The number of urea groups is 1. The summed E-state index contributed by atoms with van der Waals surface area (Å²) in [5.74, 6) is 0. The second-order valence-corrected chi connectivity index (χ2v) is 8.08. The van der Waals surface area contributed by atoms with E-state index >= 15 is 0 Å². The third-order valence-corrected chi connectivity index (χ3v) is 6.29. The molecule has 1 atom stereocenters. The van der Waals surface area contributed by atoms with Gasteiger partial charge in [-0.2, -0.15) is 13.2 Å². The van der Waals surface area contributed by atoms with Crippen molar-refractivity contribution in [3.05, 3.63) is 64.8 Å². The van der Waals surface area contributed by atoms with Gasteiger partial charge in [0.1, 0.15) is 0 Å². The number of carbonyl (C=O) groups excluding carboxylic acids is 1. The summed E-state index contributed by atoms with van der Waals surface area (Å²) in [7, 11) is 0. The number of anilines is 1. The van der Waals surface area contributed by atoms with Crippen LogP contribution in [0.2, 0.25) is 0 Å². The number of amides is 2. The van der Waals surface area contributed by atoms with Crippen LogP contribution in [-0.2, 0) is 12.6 Å². The molecule has 2 aromatic carbocycles. The van der Waals surface area contributed by atoms with Crippen molar-refractivity contribution in [3.63, 3.8) is 0 Å². The quantitative estimate of drug-likeness (QED) is 0.611. The van der Waals surface area contributed by atoms with Gasteiger partial charge in [-0.3, -0.25) is 9.89 Å². The number of nitrogens with one attached hydrogen (secondary N) is 1. The van der Waals surface area contributed by atoms with Crippen LogP contribution in [0.4, 0.5) is 29.3 Å². The summed E-state index contributed by atoms with van der Waals surface area (Å²) in [6.07, 6.45) is -0.571. The molecule has 152 valence electrons. The first kappa shape index (κ1) is 18.8. The van der Waals surface area contributed by atoms with Crippen molar-refractivity contribution in [2.24, 2.45) is 4.99 Å². The molecule has 1 N–H and O–H groups in total. The first-order valence-electron chi connectivity index (χ1n) is 9.26. The summed E-state index contributed by atoms with van der Waals surface area (Å²) in [5, 5.41) is 2.00. The molecule has 0 saturated carbocycles. The lowest BCUT2D eigenvalue weighted by Gasteiger charge is -2.24. The van der Waals surface area contributed by atoms with E-state index in [0.29, 0.717) is 28.3 Å². The van der Waals surface area contributed by atoms with Crippen LogP contribution in [-0.4, -0.2) is 23.8 Å². The molecule has 0 unspecified atom stereocenters. The van der Waals surface area contributed by atoms with Gasteiger partial charge in [-0.25, -0.2) is 9.78 Å². The van der Waals surface area contributed by atoms with Gasteiger partial charge in [-0.15, -0.1) is 11.3 Å². The first-order chi connectivity index (χ1) is 14.4. The molecule has 0 radical (unpaired) electrons. The molecule has 5 rings (SSSR count). The number of aliphatic imine (C=N–C) groups is 1. The maximum atomic E-state index is 12.8. The number of rotatable bonds is 3. The van der Waals surface area contributed by atoms with Gasteiger partial charge in [-0.05, 0) is 28.8 Å². The highest BCUT2D eigenvalue weighted by Gasteiger charge is 2.35. The third-order valence-electron chi connectivity index (χ3n) is 5.19. The van der Waals surface area contributed by atoms with Gasteiger partial charge in [0.15, 0.2) is 5.01 Å². The predicted octanol–water partition coefficient (Wildman–Crippen LogP) is 5.36. The molecule has 1 aromatic heterocycles. The fourth-order valence-electron chi connectivity index (χ4n) is 3.71. The number of aromatic nitrogens is 1. The number of hydrogen-bond acceptors (Lipinski definition) is 4. The van der Waals surface area contributed by atoms with Crippen molar-refractivity contribution in [2.45, 2.75) is 18.6 Å². The van der Waals surface area contributed by atoms with Crippen molar-refractivity contribution in [3.8, 4) is 10.4 Å². The molecule has 2 amide bonds. The summed E-state index contributed by atoms with van der Waals surface area (Å²) in [6, 6.07) is 12.6. The second kappa shape index (κ2) is 6.94. The zero-order chi connectivity index (χ0) is 20.9. The Morgan fingerprint density at radius 2 is 1.93 bits per heavy atom. The monoisotopic (exact) mass is 428 g/mol. The normalized spacial score (nSPS) is 18.0. The molecule has 3 aromatic rings. The number of alkyl halides is 3. The van der Waals surface area contributed by atoms with Crippen LogP contribution in [0.5, 0.6) is 0 Å². The zero-order valence-electron chi connectivity index (χ0n) is 15.5. The van der Waals surface area contributed by atoms with Crippen molar-refractivity contribution in [1.29, 1.82) is 0 Å². The van der Waals surface area contributed by atoms with Crippen molar-refractivity contribution < 1.29 is 18.0 Å². The number of nitrogens with zero attached hydrogens (tertiary/aromatic N) is 3. The van der Waals surface area contributed by atoms with E-state index in [4.69, 9.17) is 0 Å². The van der Waals surface area contributed by atoms with Gasteiger partial charge in [0.2, 0.25) is 0 Å². The fourth-order valence-corrected chi connectivity index (χ4v) is 4.50. The SMILES string of the molecule is O=C1NC[C@@H](c2ccc(-c3cnc(C(F)(F)F)s3)cc2)N1c1ccc2c(c1)N=CC2. The maximum Gasteiger partial charge on any atom is 0.443 e. The highest BCUT2D eigenvalue weighted by atomic mass is 32.1. The van der Waals surface area contributed by atoms with Crippen LogP contribution in [0, 0.1) is 0 Å². The number of benzene rings is 2. The standard InChI is InChI=1S/C21H15F3N4OS/c22-21(23,24)19-26-11-18(30-19)14-3-1-13(2-4-14)17-10-27-20(29)28(17)15-6-5-12-7-8-25-16(12)9-15/h1-6,8-9,11,17H,7,10H2,(H,27,29)/t17-/m0/s1. The Morgan fingerprint density at radius 3 is 2.67 bits per heavy atom. The van der Waals surface area contributed by atoms with Gasteiger partial charge in [-0.1, -0.05) is 30.3 Å². The number of thiazole rings is 1. The Hall–Kier alpha value is -3.20. The molecule has 0 spiro atoms. The highest BCUT2D eigenvalue weighted by molar-refractivity contribution is 7.15. The molecular formula is C21H15F3N4OS. The molecule has 0 bridgehead atoms. The summed E-state index contributed by atoms with van der Waals surface area (Å²) in [4.78, 5) is 22.5. The maximum absolute atomic E-state index is 12.8. The van der Waals surface area contributed by atoms with Crippen LogP contribution in [0.15, 0.2) is 53.7 Å². The van der Waals surface area contributed by atoms with Crippen LogP contribution in [0.3, 0.4) is 0 Å². The Kier molecular flexibility index (Phi) is 4.35. The Labute approximate surface area is 173 Å². The van der Waals surface area contributed by atoms with Crippen LogP contribution < -0.4 is 10.2 Å². The van der Waals surface area contributed by atoms with E-state index in [0.717, 1.165) is 28.9 Å². The lowest BCUT2D eigenvalue weighted by atomic mass is 10.0. The first-order valence-corrected chi connectivity index (χ1v) is 10.1. The van der Waals surface area contributed by atoms with Gasteiger partial charge >= 0.3 is 12.2 Å². The Balaban J connectivity index is 1.42. The third kappa shape index (κ3) is 3.24. The summed E-state index contributed by atoms with van der Waals surface area (Å²) < 4.78 is 38.4. The average Bonchev–Trinajstić information content (AvgIpc) is 3.46. The topological polar surface area (TPSA) is 57.6 Å². The minimum atomic E-state index is -4.45. The molecule has 0 aliphatic carbocycles. The smallest absolute Gasteiger partial charge is 0.335 e. The molecule has 3 heterocycles. The van der Waals surface area contributed by atoms with E-state index in [1.54, 1.807) is 17.0 Å². The predicted molar refractivity (Wildman–Crippen MR) is 109 cm³/mol. The minimum absolute atomic E-state index is 0.191. The van der Waals surface area contributed by atoms with Crippen molar-refractivity contribution in [2.75, 3.05) is 11.4 Å². The number of fused-ring (bicyclic) bond motifs is 1. The summed E-state index contributed by atoms with van der Waals surface area (Å²) >= 11 is 0.614. The largest absolute Gasteiger partial charge is 0.443 e. The second-order valence-electron chi connectivity index (χ2n) is 7.05. The van der Waals surface area contributed by atoms with E-state index in [1.165, 1.54) is 6.20 Å². The molecule has 2 aliphatic rings. The van der Waals surface area contributed by atoms with Gasteiger partial charge < -0.3 is 5.32 Å². The lowest BCUT2D eigenvalue weighted by Crippen LogP contribution is -2.29. The van der Waals surface area contributed by atoms with E-state index in [-0.39, 0.29) is 12.1 Å². The molecule has 5 nitrogen and oxygen atoms in total. The van der Waals surface area contributed by atoms with E-state index in [9.17, 15) is 18.0 Å². The molecule has 9 heteroatoms. The Morgan fingerprint density at radius 1 is 1.13 bits per heavy atom. The van der Waals surface area contributed by atoms with Gasteiger partial charge in [0.05, 0.1) is 16.6 Å². The highest BCUT2D eigenvalue weighted by Crippen LogP contribution is 2.38. The minimum Gasteiger partial charge on any atom is -0.335 e. The van der Waals surface area contributed by atoms with Gasteiger partial charge in [0.25, 0.3) is 0 Å². The van der Waals surface area contributed by atoms with Crippen LogP contribution in [0.1, 0.15) is 22.2 Å². The van der Waals surface area contributed by atoms with Crippen molar-refractivity contribution in [1.82, 2.24) is 10.3 Å². The molecule has 1 fully saturated rings. The van der Waals surface area contributed by atoms with Gasteiger partial charge in [0, 0.05) is 31.1 Å². The zero-order valence-corrected chi connectivity index (χ0v) is 16.3. The van der Waals surface area contributed by atoms with Crippen LogP contribution >= 0.6 is 11.3 Å². The fraction of sp³-hybridized carbons (Fsp3) is 0.190. The molecule has 1 saturated heterocycles. The number of carbonyl (C=O) groups is 1. The summed E-state index contributed by atoms with van der Waals surface area (Å²) in [5.41, 5.74) is 4.30.